The molecule has 0 saturated heterocycles. The Morgan fingerprint density at radius 2 is 2.14 bits per heavy atom. The van der Waals surface area contributed by atoms with E-state index in [1.54, 1.807) is 0 Å². The molecule has 5 heteroatoms. The molecule has 1 amide bonds. The molecule has 1 saturated carbocycles. The lowest BCUT2D eigenvalue weighted by atomic mass is 10.1. The van der Waals surface area contributed by atoms with Crippen molar-refractivity contribution in [3.8, 4) is 11.4 Å². The molecule has 2 aromatic rings. The minimum absolute atomic E-state index is 0.0975. The van der Waals surface area contributed by atoms with E-state index in [0.717, 1.165) is 36.8 Å². The summed E-state index contributed by atoms with van der Waals surface area (Å²) in [5.41, 5.74) is 2.07. The lowest BCUT2D eigenvalue weighted by molar-refractivity contribution is -0.125. The summed E-state index contributed by atoms with van der Waals surface area (Å²) < 4.78 is 5.31. The number of nitrogens with zero attached hydrogens (tertiary/aromatic N) is 2. The van der Waals surface area contributed by atoms with Gasteiger partial charge in [-0.3, -0.25) is 4.79 Å². The SMILES string of the molecule is Cc1cccc(-c2noc([C@@H](C)NC(=O)C3CCCC3)n2)c1. The van der Waals surface area contributed by atoms with Gasteiger partial charge in [0.1, 0.15) is 6.04 Å². The Kier molecular flexibility index (Phi) is 4.22. The van der Waals surface area contributed by atoms with Gasteiger partial charge in [0.05, 0.1) is 0 Å². The van der Waals surface area contributed by atoms with E-state index >= 15 is 0 Å². The highest BCUT2D eigenvalue weighted by atomic mass is 16.5. The van der Waals surface area contributed by atoms with E-state index in [-0.39, 0.29) is 17.9 Å². The molecule has 1 aliphatic rings. The predicted molar refractivity (Wildman–Crippen MR) is 83.0 cm³/mol. The molecular weight excluding hydrogens is 278 g/mol. The van der Waals surface area contributed by atoms with E-state index < -0.39 is 0 Å². The van der Waals surface area contributed by atoms with E-state index in [2.05, 4.69) is 15.5 Å². The number of nitrogens with one attached hydrogen (secondary N) is 1. The fraction of sp³-hybridized carbons (Fsp3) is 0.471. The van der Waals surface area contributed by atoms with Gasteiger partial charge in [-0.2, -0.15) is 4.98 Å². The number of benzene rings is 1. The van der Waals surface area contributed by atoms with Gasteiger partial charge in [0, 0.05) is 11.5 Å². The molecule has 1 N–H and O–H groups in total. The first-order valence-corrected chi connectivity index (χ1v) is 7.84. The Bertz CT molecular complexity index is 659. The predicted octanol–water partition coefficient (Wildman–Crippen LogP) is 3.41. The summed E-state index contributed by atoms with van der Waals surface area (Å²) in [6.45, 7) is 3.90. The van der Waals surface area contributed by atoms with Crippen LogP contribution >= 0.6 is 0 Å². The van der Waals surface area contributed by atoms with Crippen LogP contribution in [-0.4, -0.2) is 16.0 Å². The van der Waals surface area contributed by atoms with Crippen molar-refractivity contribution < 1.29 is 9.32 Å². The molecule has 3 rings (SSSR count). The first-order valence-electron chi connectivity index (χ1n) is 7.84. The number of carbonyl (C=O) groups excluding carboxylic acids is 1. The largest absolute Gasteiger partial charge is 0.344 e. The normalized spacial score (nSPS) is 16.6. The van der Waals surface area contributed by atoms with Crippen LogP contribution in [0, 0.1) is 12.8 Å². The molecule has 0 aliphatic heterocycles. The third kappa shape index (κ3) is 3.18. The molecule has 5 nitrogen and oxygen atoms in total. The van der Waals surface area contributed by atoms with E-state index in [9.17, 15) is 4.79 Å². The second-order valence-corrected chi connectivity index (χ2v) is 6.04. The van der Waals surface area contributed by atoms with Gasteiger partial charge in [0.25, 0.3) is 0 Å². The van der Waals surface area contributed by atoms with E-state index in [1.165, 1.54) is 0 Å². The fourth-order valence-corrected chi connectivity index (χ4v) is 2.89. The second-order valence-electron chi connectivity index (χ2n) is 6.04. The van der Waals surface area contributed by atoms with Crippen LogP contribution in [-0.2, 0) is 4.79 Å². The van der Waals surface area contributed by atoms with Crippen LogP contribution in [0.4, 0.5) is 0 Å². The van der Waals surface area contributed by atoms with Crippen LogP contribution in [0.2, 0.25) is 0 Å². The average Bonchev–Trinajstić information content (AvgIpc) is 3.19. The lowest BCUT2D eigenvalue weighted by Gasteiger charge is -2.13. The molecule has 116 valence electrons. The Hall–Kier alpha value is -2.17. The molecule has 0 radical (unpaired) electrons. The zero-order chi connectivity index (χ0) is 15.5. The van der Waals surface area contributed by atoms with Crippen LogP contribution < -0.4 is 5.32 Å². The second kappa shape index (κ2) is 6.30. The van der Waals surface area contributed by atoms with E-state index in [4.69, 9.17) is 4.52 Å². The number of amides is 1. The number of aromatic nitrogens is 2. The number of carbonyl (C=O) groups is 1. The summed E-state index contributed by atoms with van der Waals surface area (Å²) in [4.78, 5) is 16.6. The topological polar surface area (TPSA) is 68.0 Å². The maximum absolute atomic E-state index is 12.1. The fourth-order valence-electron chi connectivity index (χ4n) is 2.89. The highest BCUT2D eigenvalue weighted by molar-refractivity contribution is 5.79. The summed E-state index contributed by atoms with van der Waals surface area (Å²) in [6.07, 6.45) is 4.25. The molecule has 1 aromatic carbocycles. The quantitative estimate of drug-likeness (QED) is 0.939. The van der Waals surface area contributed by atoms with Gasteiger partial charge in [-0.25, -0.2) is 0 Å². The van der Waals surface area contributed by atoms with Gasteiger partial charge in [-0.05, 0) is 32.8 Å². The van der Waals surface area contributed by atoms with Crippen LogP contribution in [0.1, 0.15) is 50.1 Å². The maximum atomic E-state index is 12.1. The molecule has 0 unspecified atom stereocenters. The molecular formula is C17H21N3O2. The Morgan fingerprint density at radius 1 is 1.36 bits per heavy atom. The zero-order valence-corrected chi connectivity index (χ0v) is 13.0. The first kappa shape index (κ1) is 14.8. The van der Waals surface area contributed by atoms with Gasteiger partial charge in [0.15, 0.2) is 0 Å². The van der Waals surface area contributed by atoms with Gasteiger partial charge < -0.3 is 9.84 Å². The third-order valence-electron chi connectivity index (χ3n) is 4.17. The average molecular weight is 299 g/mol. The standard InChI is InChI=1S/C17H21N3O2/c1-11-6-5-9-14(10-11)15-19-17(22-20-15)12(2)18-16(21)13-7-3-4-8-13/h5-6,9-10,12-13H,3-4,7-8H2,1-2H3,(H,18,21)/t12-/m1/s1. The number of hydrogen-bond donors (Lipinski definition) is 1. The summed E-state index contributed by atoms with van der Waals surface area (Å²) in [5, 5.41) is 7.00. The third-order valence-corrected chi connectivity index (χ3v) is 4.17. The van der Waals surface area contributed by atoms with Gasteiger partial charge in [0.2, 0.25) is 17.6 Å². The summed E-state index contributed by atoms with van der Waals surface area (Å²) >= 11 is 0. The van der Waals surface area contributed by atoms with Crippen molar-refractivity contribution in [3.05, 3.63) is 35.7 Å². The number of rotatable bonds is 4. The molecule has 1 fully saturated rings. The Labute approximate surface area is 130 Å². The summed E-state index contributed by atoms with van der Waals surface area (Å²) in [5.74, 6) is 1.24. The van der Waals surface area contributed by atoms with Crippen LogP contribution in [0.15, 0.2) is 28.8 Å². The summed E-state index contributed by atoms with van der Waals surface area (Å²) in [7, 11) is 0. The molecule has 1 aliphatic carbocycles. The molecule has 0 spiro atoms. The highest BCUT2D eigenvalue weighted by Crippen LogP contribution is 2.26. The minimum Gasteiger partial charge on any atom is -0.344 e. The smallest absolute Gasteiger partial charge is 0.249 e. The monoisotopic (exact) mass is 299 g/mol. The number of hydrogen-bond acceptors (Lipinski definition) is 4. The lowest BCUT2D eigenvalue weighted by Crippen LogP contribution is -2.31. The maximum Gasteiger partial charge on any atom is 0.249 e. The van der Waals surface area contributed by atoms with Gasteiger partial charge in [-0.1, -0.05) is 41.8 Å². The molecule has 1 atom stereocenters. The van der Waals surface area contributed by atoms with Crippen molar-refractivity contribution in [1.29, 1.82) is 0 Å². The van der Waals surface area contributed by atoms with Gasteiger partial charge in [-0.15, -0.1) is 0 Å². The molecule has 22 heavy (non-hydrogen) atoms. The first-order chi connectivity index (χ1) is 10.6. The minimum atomic E-state index is -0.265. The Balaban J connectivity index is 1.68. The van der Waals surface area contributed by atoms with E-state index in [0.29, 0.717) is 11.7 Å². The van der Waals surface area contributed by atoms with Crippen molar-refractivity contribution in [2.24, 2.45) is 5.92 Å². The van der Waals surface area contributed by atoms with Crippen molar-refractivity contribution in [2.45, 2.75) is 45.6 Å². The summed E-state index contributed by atoms with van der Waals surface area (Å²) in [6, 6.07) is 7.68. The molecule has 1 heterocycles. The van der Waals surface area contributed by atoms with Crippen molar-refractivity contribution >= 4 is 5.91 Å². The van der Waals surface area contributed by atoms with Crippen molar-refractivity contribution in [3.63, 3.8) is 0 Å². The molecule has 1 aromatic heterocycles. The zero-order valence-electron chi connectivity index (χ0n) is 13.0. The molecule has 0 bridgehead atoms. The van der Waals surface area contributed by atoms with Crippen molar-refractivity contribution in [2.75, 3.05) is 0 Å². The van der Waals surface area contributed by atoms with Crippen molar-refractivity contribution in [1.82, 2.24) is 15.5 Å². The van der Waals surface area contributed by atoms with Crippen LogP contribution in [0.5, 0.6) is 0 Å². The Morgan fingerprint density at radius 3 is 2.86 bits per heavy atom. The highest BCUT2D eigenvalue weighted by Gasteiger charge is 2.25. The number of aryl methyl sites for hydroxylation is 1. The van der Waals surface area contributed by atoms with E-state index in [1.807, 2.05) is 38.1 Å². The van der Waals surface area contributed by atoms with Crippen LogP contribution in [0.25, 0.3) is 11.4 Å². The van der Waals surface area contributed by atoms with Crippen LogP contribution in [0.3, 0.4) is 0 Å². The van der Waals surface area contributed by atoms with Gasteiger partial charge >= 0.3 is 0 Å².